The molecular formula is C31H34ClN5O4. The first-order valence-electron chi connectivity index (χ1n) is 13.9. The van der Waals surface area contributed by atoms with Crippen LogP contribution in [0.3, 0.4) is 0 Å². The summed E-state index contributed by atoms with van der Waals surface area (Å²) in [5.74, 6) is 0.409. The number of urea groups is 1. The fourth-order valence-electron chi connectivity index (χ4n) is 5.16. The van der Waals surface area contributed by atoms with Gasteiger partial charge in [-0.1, -0.05) is 11.6 Å². The lowest BCUT2D eigenvalue weighted by atomic mass is 10.1. The monoisotopic (exact) mass is 575 g/mol. The summed E-state index contributed by atoms with van der Waals surface area (Å²) in [4.78, 5) is 45.3. The Bertz CT molecular complexity index is 1380. The molecule has 2 heterocycles. The number of hydrogen-bond donors (Lipinski definition) is 2. The summed E-state index contributed by atoms with van der Waals surface area (Å²) in [5, 5.41) is 6.41. The van der Waals surface area contributed by atoms with Crippen molar-refractivity contribution in [1.82, 2.24) is 9.80 Å². The number of piperidine rings is 1. The lowest BCUT2D eigenvalue weighted by Gasteiger charge is -2.37. The molecule has 0 unspecified atom stereocenters. The summed E-state index contributed by atoms with van der Waals surface area (Å²) in [6.07, 6.45) is 3.08. The number of carbonyl (C=O) groups excluding carboxylic acids is 3. The minimum absolute atomic E-state index is 0.0398. The Balaban J connectivity index is 1.30. The number of carbonyl (C=O) groups is 3. The molecule has 0 spiro atoms. The number of anilines is 3. The largest absolute Gasteiger partial charge is 0.497 e. The third-order valence-electron chi connectivity index (χ3n) is 7.48. The second-order valence-electron chi connectivity index (χ2n) is 10.2. The van der Waals surface area contributed by atoms with Gasteiger partial charge in [0.15, 0.2) is 0 Å². The maximum absolute atomic E-state index is 13.7. The topological polar surface area (TPSA) is 94.2 Å². The van der Waals surface area contributed by atoms with Crippen LogP contribution in [0.2, 0.25) is 5.02 Å². The van der Waals surface area contributed by atoms with Crippen LogP contribution in [0.25, 0.3) is 0 Å². The molecule has 0 aromatic heterocycles. The van der Waals surface area contributed by atoms with Crippen molar-refractivity contribution in [2.45, 2.75) is 19.3 Å². The number of hydrogen-bond acceptors (Lipinski definition) is 5. The fourth-order valence-corrected chi connectivity index (χ4v) is 5.29. The first-order chi connectivity index (χ1) is 19.9. The van der Waals surface area contributed by atoms with Gasteiger partial charge in [0.05, 0.1) is 12.7 Å². The van der Waals surface area contributed by atoms with Crippen LogP contribution >= 0.6 is 11.6 Å². The Kier molecular flexibility index (Phi) is 8.94. The molecule has 0 atom stereocenters. The highest BCUT2D eigenvalue weighted by molar-refractivity contribution is 6.30. The molecule has 2 fully saturated rings. The fraction of sp³-hybridized carbons (Fsp3) is 0.323. The lowest BCUT2D eigenvalue weighted by Crippen LogP contribution is -2.50. The average Bonchev–Trinajstić information content (AvgIpc) is 3.02. The number of nitrogens with zero attached hydrogens (tertiary/aromatic N) is 3. The molecule has 0 aliphatic carbocycles. The van der Waals surface area contributed by atoms with Gasteiger partial charge in [-0.05, 0) is 86.0 Å². The number of ether oxygens (including phenoxy) is 1. The smallest absolute Gasteiger partial charge is 0.321 e. The summed E-state index contributed by atoms with van der Waals surface area (Å²) >= 11 is 5.96. The first kappa shape index (κ1) is 28.3. The van der Waals surface area contributed by atoms with Crippen molar-refractivity contribution >= 4 is 46.5 Å². The quantitative estimate of drug-likeness (QED) is 0.400. The number of nitrogens with one attached hydrogen (secondary N) is 2. The number of halogens is 1. The van der Waals surface area contributed by atoms with Crippen molar-refractivity contribution in [1.29, 1.82) is 0 Å². The van der Waals surface area contributed by atoms with E-state index in [1.807, 2.05) is 17.0 Å². The maximum Gasteiger partial charge on any atom is 0.321 e. The van der Waals surface area contributed by atoms with Crippen molar-refractivity contribution in [3.63, 3.8) is 0 Å². The standard InChI is InChI=1S/C31H34ClN5O4/c1-41-26-12-9-24(10-13-26)34-31(40)37-19-17-35(18-20-37)28-14-11-25(33-29(38)22-5-7-23(32)8-6-22)21-27(28)30(39)36-15-3-2-4-16-36/h5-14,21H,2-4,15-20H2,1H3,(H,33,38)(H,34,40). The van der Waals surface area contributed by atoms with E-state index in [0.717, 1.165) is 43.8 Å². The second-order valence-corrected chi connectivity index (χ2v) is 10.6. The molecule has 9 nitrogen and oxygen atoms in total. The Morgan fingerprint density at radius 3 is 2.05 bits per heavy atom. The molecule has 2 aliphatic heterocycles. The van der Waals surface area contributed by atoms with Crippen LogP contribution in [0.4, 0.5) is 21.9 Å². The molecule has 3 aromatic carbocycles. The Morgan fingerprint density at radius 2 is 1.39 bits per heavy atom. The molecule has 10 heteroatoms. The Labute approximate surface area is 245 Å². The van der Waals surface area contributed by atoms with Gasteiger partial charge >= 0.3 is 6.03 Å². The molecule has 4 amide bonds. The summed E-state index contributed by atoms with van der Waals surface area (Å²) in [6, 6.07) is 19.2. The highest BCUT2D eigenvalue weighted by Gasteiger charge is 2.27. The molecule has 2 N–H and O–H groups in total. The molecule has 2 aliphatic rings. The summed E-state index contributed by atoms with van der Waals surface area (Å²) in [6.45, 7) is 3.61. The molecule has 214 valence electrons. The average molecular weight is 576 g/mol. The van der Waals surface area contributed by atoms with Gasteiger partial charge in [0.25, 0.3) is 11.8 Å². The SMILES string of the molecule is COc1ccc(NC(=O)N2CCN(c3ccc(NC(=O)c4ccc(Cl)cc4)cc3C(=O)N3CCCCC3)CC2)cc1. The van der Waals surface area contributed by atoms with Crippen molar-refractivity contribution < 1.29 is 19.1 Å². The summed E-state index contributed by atoms with van der Waals surface area (Å²) in [5.41, 5.74) is 3.08. The van der Waals surface area contributed by atoms with E-state index >= 15 is 0 Å². The number of benzene rings is 3. The first-order valence-corrected chi connectivity index (χ1v) is 14.2. The van der Waals surface area contributed by atoms with Crippen LogP contribution < -0.4 is 20.3 Å². The van der Waals surface area contributed by atoms with Gasteiger partial charge in [0, 0.05) is 66.9 Å². The van der Waals surface area contributed by atoms with Crippen molar-refractivity contribution in [2.24, 2.45) is 0 Å². The molecular weight excluding hydrogens is 542 g/mol. The lowest BCUT2D eigenvalue weighted by molar-refractivity contribution is 0.0724. The third-order valence-corrected chi connectivity index (χ3v) is 7.74. The molecule has 0 radical (unpaired) electrons. The summed E-state index contributed by atoms with van der Waals surface area (Å²) in [7, 11) is 1.60. The molecule has 5 rings (SSSR count). The van der Waals surface area contributed by atoms with Gasteiger partial charge in [0.2, 0.25) is 0 Å². The van der Waals surface area contributed by atoms with Crippen molar-refractivity contribution in [2.75, 3.05) is 61.9 Å². The van der Waals surface area contributed by atoms with E-state index in [1.165, 1.54) is 0 Å². The molecule has 0 saturated carbocycles. The van der Waals surface area contributed by atoms with Crippen LogP contribution in [0.5, 0.6) is 5.75 Å². The van der Waals surface area contributed by atoms with Crippen molar-refractivity contribution in [3.05, 3.63) is 82.9 Å². The van der Waals surface area contributed by atoms with E-state index < -0.39 is 0 Å². The Hall–Kier alpha value is -4.24. The van der Waals surface area contributed by atoms with E-state index in [9.17, 15) is 14.4 Å². The highest BCUT2D eigenvalue weighted by Crippen LogP contribution is 2.29. The minimum Gasteiger partial charge on any atom is -0.497 e. The molecule has 0 bridgehead atoms. The third kappa shape index (κ3) is 6.92. The van der Waals surface area contributed by atoms with E-state index in [4.69, 9.17) is 16.3 Å². The predicted molar refractivity (Wildman–Crippen MR) is 161 cm³/mol. The van der Waals surface area contributed by atoms with Gasteiger partial charge < -0.3 is 30.1 Å². The van der Waals surface area contributed by atoms with Crippen LogP contribution in [-0.2, 0) is 0 Å². The molecule has 41 heavy (non-hydrogen) atoms. The second kappa shape index (κ2) is 13.0. The van der Waals surface area contributed by atoms with E-state index in [2.05, 4.69) is 15.5 Å². The van der Waals surface area contributed by atoms with E-state index in [0.29, 0.717) is 53.7 Å². The molecule has 2 saturated heterocycles. The predicted octanol–water partition coefficient (Wildman–Crippen LogP) is 5.58. The number of methoxy groups -OCH3 is 1. The molecule has 3 aromatic rings. The van der Waals surface area contributed by atoms with Crippen LogP contribution in [0.1, 0.15) is 40.0 Å². The normalized spacial score (nSPS) is 15.3. The zero-order valence-corrected chi connectivity index (χ0v) is 23.8. The van der Waals surface area contributed by atoms with Crippen LogP contribution in [-0.4, -0.2) is 74.0 Å². The van der Waals surface area contributed by atoms with Gasteiger partial charge in [-0.15, -0.1) is 0 Å². The van der Waals surface area contributed by atoms with E-state index in [1.54, 1.807) is 66.6 Å². The van der Waals surface area contributed by atoms with Crippen LogP contribution in [0.15, 0.2) is 66.7 Å². The van der Waals surface area contributed by atoms with Gasteiger partial charge in [-0.2, -0.15) is 0 Å². The van der Waals surface area contributed by atoms with Crippen molar-refractivity contribution in [3.8, 4) is 5.75 Å². The number of likely N-dealkylation sites (tertiary alicyclic amines) is 1. The number of rotatable bonds is 6. The van der Waals surface area contributed by atoms with Crippen LogP contribution in [0, 0.1) is 0 Å². The van der Waals surface area contributed by atoms with E-state index in [-0.39, 0.29) is 17.8 Å². The van der Waals surface area contributed by atoms with Gasteiger partial charge in [-0.3, -0.25) is 9.59 Å². The van der Waals surface area contributed by atoms with Gasteiger partial charge in [-0.25, -0.2) is 4.79 Å². The highest BCUT2D eigenvalue weighted by atomic mass is 35.5. The Morgan fingerprint density at radius 1 is 0.732 bits per heavy atom. The zero-order chi connectivity index (χ0) is 28.8. The maximum atomic E-state index is 13.7. The van der Waals surface area contributed by atoms with Gasteiger partial charge in [0.1, 0.15) is 5.75 Å². The number of amides is 4. The summed E-state index contributed by atoms with van der Waals surface area (Å²) < 4.78 is 5.18. The zero-order valence-electron chi connectivity index (χ0n) is 23.1. The number of piperazine rings is 1. The minimum atomic E-state index is -0.276.